The number of nitrogens with one attached hydrogen (secondary N) is 1. The van der Waals surface area contributed by atoms with Crippen LogP contribution in [0.15, 0.2) is 9.63 Å². The van der Waals surface area contributed by atoms with Crippen LogP contribution in [-0.4, -0.2) is 53.3 Å². The fraction of sp³-hybridized carbons (Fsp3) is 0.667. The van der Waals surface area contributed by atoms with Gasteiger partial charge in [0.2, 0.25) is 10.9 Å². The van der Waals surface area contributed by atoms with Gasteiger partial charge in [0.1, 0.15) is 0 Å². The minimum absolute atomic E-state index is 0.0475. The molecule has 0 aliphatic heterocycles. The van der Waals surface area contributed by atoms with Crippen molar-refractivity contribution < 1.29 is 13.2 Å². The van der Waals surface area contributed by atoms with Crippen molar-refractivity contribution in [2.75, 3.05) is 13.6 Å². The molecule has 0 saturated heterocycles. The van der Waals surface area contributed by atoms with E-state index in [0.717, 1.165) is 8.99 Å². The second-order valence-corrected chi connectivity index (χ2v) is 7.00. The van der Waals surface area contributed by atoms with Gasteiger partial charge in [-0.2, -0.15) is 4.31 Å². The number of aromatic nitrogens is 3. The van der Waals surface area contributed by atoms with Crippen LogP contribution in [-0.2, 0) is 21.9 Å². The summed E-state index contributed by atoms with van der Waals surface area (Å²) in [7, 11) is -1.03. The van der Waals surface area contributed by atoms with Gasteiger partial charge in [-0.05, 0) is 29.8 Å². The first-order valence-electron chi connectivity index (χ1n) is 5.47. The van der Waals surface area contributed by atoms with Gasteiger partial charge in [-0.15, -0.1) is 5.10 Å². The molecule has 19 heavy (non-hydrogen) atoms. The molecule has 0 radical (unpaired) electrons. The average Bonchev–Trinajstić information content (AvgIpc) is 2.57. The number of halogens is 1. The van der Waals surface area contributed by atoms with E-state index in [4.69, 9.17) is 0 Å². The zero-order valence-electron chi connectivity index (χ0n) is 11.1. The molecular formula is C9H16BrN5O3S. The van der Waals surface area contributed by atoms with Crippen LogP contribution in [0.4, 0.5) is 0 Å². The normalized spacial score (nSPS) is 12.2. The summed E-state index contributed by atoms with van der Waals surface area (Å²) in [5, 5.41) is 9.76. The van der Waals surface area contributed by atoms with E-state index in [-0.39, 0.29) is 28.1 Å². The summed E-state index contributed by atoms with van der Waals surface area (Å²) in [4.78, 5) is 11.6. The highest BCUT2D eigenvalue weighted by Crippen LogP contribution is 2.20. The smallest absolute Gasteiger partial charge is 0.263 e. The lowest BCUT2D eigenvalue weighted by atomic mass is 10.4. The lowest BCUT2D eigenvalue weighted by Gasteiger charge is -2.17. The van der Waals surface area contributed by atoms with Gasteiger partial charge in [-0.25, -0.2) is 13.1 Å². The molecule has 0 aliphatic rings. The predicted molar refractivity (Wildman–Crippen MR) is 71.8 cm³/mol. The van der Waals surface area contributed by atoms with Crippen molar-refractivity contribution in [3.8, 4) is 0 Å². The fourth-order valence-electron chi connectivity index (χ4n) is 1.40. The van der Waals surface area contributed by atoms with E-state index in [9.17, 15) is 13.2 Å². The minimum atomic E-state index is -3.82. The van der Waals surface area contributed by atoms with Crippen LogP contribution in [0.1, 0.15) is 13.8 Å². The number of hydrogen-bond donors (Lipinski definition) is 1. The molecule has 1 N–H and O–H groups in total. The lowest BCUT2D eigenvalue weighted by Crippen LogP contribution is -2.41. The molecule has 1 amide bonds. The maximum Gasteiger partial charge on any atom is 0.263 e. The van der Waals surface area contributed by atoms with Gasteiger partial charge in [0, 0.05) is 20.1 Å². The number of hydrogen-bond acceptors (Lipinski definition) is 5. The summed E-state index contributed by atoms with van der Waals surface area (Å²) in [6.07, 6.45) is 0. The fourth-order valence-corrected chi connectivity index (χ4v) is 3.55. The number of nitrogens with zero attached hydrogens (tertiary/aromatic N) is 4. The Kier molecular flexibility index (Phi) is 5.04. The Balaban J connectivity index is 2.93. The average molecular weight is 354 g/mol. The standard InChI is InChI=1S/C9H16BrN5O3S/c1-6(2)11-7(16)5-14(3)19(17,18)9-8(10)12-13-15(9)4/h6H,5H2,1-4H3,(H,11,16). The van der Waals surface area contributed by atoms with E-state index < -0.39 is 10.0 Å². The summed E-state index contributed by atoms with van der Waals surface area (Å²) in [5.41, 5.74) is 0. The molecule has 0 bridgehead atoms. The molecule has 0 spiro atoms. The Morgan fingerprint density at radius 1 is 1.53 bits per heavy atom. The van der Waals surface area contributed by atoms with E-state index >= 15 is 0 Å². The van der Waals surface area contributed by atoms with Crippen LogP contribution in [0, 0.1) is 0 Å². The molecule has 1 aromatic heterocycles. The largest absolute Gasteiger partial charge is 0.353 e. The number of aryl methyl sites for hydroxylation is 1. The molecule has 0 unspecified atom stereocenters. The SMILES string of the molecule is CC(C)NC(=O)CN(C)S(=O)(=O)c1c(Br)nnn1C. The van der Waals surface area contributed by atoms with E-state index in [1.54, 1.807) is 13.8 Å². The Labute approximate surface area is 120 Å². The topological polar surface area (TPSA) is 97.2 Å². The number of sulfonamides is 1. The van der Waals surface area contributed by atoms with E-state index in [2.05, 4.69) is 31.6 Å². The van der Waals surface area contributed by atoms with Crippen LogP contribution < -0.4 is 5.32 Å². The summed E-state index contributed by atoms with van der Waals surface area (Å²) >= 11 is 3.03. The molecule has 0 aliphatic carbocycles. The van der Waals surface area contributed by atoms with Gasteiger partial charge in [0.05, 0.1) is 6.54 Å². The van der Waals surface area contributed by atoms with Crippen molar-refractivity contribution in [3.63, 3.8) is 0 Å². The van der Waals surface area contributed by atoms with Crippen molar-refractivity contribution in [1.29, 1.82) is 0 Å². The number of carbonyl (C=O) groups excluding carboxylic acids is 1. The quantitative estimate of drug-likeness (QED) is 0.785. The Morgan fingerprint density at radius 2 is 2.11 bits per heavy atom. The van der Waals surface area contributed by atoms with Crippen LogP contribution in [0.3, 0.4) is 0 Å². The van der Waals surface area contributed by atoms with Crippen molar-refractivity contribution in [2.45, 2.75) is 24.9 Å². The maximum absolute atomic E-state index is 12.3. The Morgan fingerprint density at radius 3 is 2.53 bits per heavy atom. The first-order valence-corrected chi connectivity index (χ1v) is 7.70. The van der Waals surface area contributed by atoms with Crippen molar-refractivity contribution in [2.24, 2.45) is 7.05 Å². The summed E-state index contributed by atoms with van der Waals surface area (Å²) in [6.45, 7) is 3.33. The molecule has 10 heteroatoms. The molecule has 0 saturated carbocycles. The first kappa shape index (κ1) is 16.1. The molecular weight excluding hydrogens is 338 g/mol. The molecule has 1 aromatic rings. The van der Waals surface area contributed by atoms with Gasteiger partial charge in [-0.1, -0.05) is 5.21 Å². The van der Waals surface area contributed by atoms with Gasteiger partial charge in [0.15, 0.2) is 4.60 Å². The second kappa shape index (κ2) is 5.97. The van der Waals surface area contributed by atoms with Crippen molar-refractivity contribution in [3.05, 3.63) is 4.60 Å². The van der Waals surface area contributed by atoms with E-state index in [0.29, 0.717) is 0 Å². The van der Waals surface area contributed by atoms with Crippen LogP contribution in [0.25, 0.3) is 0 Å². The minimum Gasteiger partial charge on any atom is -0.353 e. The number of amides is 1. The third-order valence-corrected chi connectivity index (χ3v) is 4.90. The molecule has 108 valence electrons. The molecule has 1 heterocycles. The molecule has 0 fully saturated rings. The van der Waals surface area contributed by atoms with Crippen LogP contribution in [0.5, 0.6) is 0 Å². The summed E-state index contributed by atoms with van der Waals surface area (Å²) in [5.74, 6) is -0.368. The Bertz CT molecular complexity index is 549. The third kappa shape index (κ3) is 3.74. The Hall–Kier alpha value is -1.00. The highest BCUT2D eigenvalue weighted by molar-refractivity contribution is 9.10. The van der Waals surface area contributed by atoms with E-state index in [1.165, 1.54) is 14.1 Å². The van der Waals surface area contributed by atoms with Crippen LogP contribution in [0.2, 0.25) is 0 Å². The second-order valence-electron chi connectivity index (χ2n) is 4.29. The van der Waals surface area contributed by atoms with E-state index in [1.807, 2.05) is 0 Å². The number of carbonyl (C=O) groups is 1. The van der Waals surface area contributed by atoms with Crippen molar-refractivity contribution >= 4 is 31.9 Å². The zero-order valence-corrected chi connectivity index (χ0v) is 13.5. The van der Waals surface area contributed by atoms with Crippen LogP contribution >= 0.6 is 15.9 Å². The van der Waals surface area contributed by atoms with Gasteiger partial charge in [-0.3, -0.25) is 4.79 Å². The predicted octanol–water partition coefficient (Wildman–Crippen LogP) is -0.277. The molecule has 0 aromatic carbocycles. The van der Waals surface area contributed by atoms with Gasteiger partial charge in [0.25, 0.3) is 10.0 Å². The molecule has 0 atom stereocenters. The molecule has 1 rings (SSSR count). The third-order valence-electron chi connectivity index (χ3n) is 2.21. The highest BCUT2D eigenvalue weighted by Gasteiger charge is 2.29. The number of likely N-dealkylation sites (N-methyl/N-ethyl adjacent to an activating group) is 1. The van der Waals surface area contributed by atoms with Gasteiger partial charge >= 0.3 is 0 Å². The first-order chi connectivity index (χ1) is 8.66. The molecule has 8 nitrogen and oxygen atoms in total. The zero-order chi connectivity index (χ0) is 14.8. The highest BCUT2D eigenvalue weighted by atomic mass is 79.9. The van der Waals surface area contributed by atoms with Gasteiger partial charge < -0.3 is 5.32 Å². The number of rotatable bonds is 5. The van der Waals surface area contributed by atoms with Crippen molar-refractivity contribution in [1.82, 2.24) is 24.6 Å². The maximum atomic E-state index is 12.3. The monoisotopic (exact) mass is 353 g/mol. The summed E-state index contributed by atoms with van der Waals surface area (Å²) in [6, 6.07) is -0.0475. The lowest BCUT2D eigenvalue weighted by molar-refractivity contribution is -0.121. The summed E-state index contributed by atoms with van der Waals surface area (Å²) < 4.78 is 26.7.